The summed E-state index contributed by atoms with van der Waals surface area (Å²) in [7, 11) is 0. The molecule has 0 saturated carbocycles. The number of ether oxygens (including phenoxy) is 1. The molecule has 0 bridgehead atoms. The highest BCUT2D eigenvalue weighted by Gasteiger charge is 2.16. The highest BCUT2D eigenvalue weighted by atomic mass is 16.5. The van der Waals surface area contributed by atoms with Crippen LogP contribution in [-0.4, -0.2) is 22.5 Å². The van der Waals surface area contributed by atoms with Gasteiger partial charge in [0.25, 0.3) is 0 Å². The summed E-state index contributed by atoms with van der Waals surface area (Å²) in [6.45, 7) is 12.1. The van der Waals surface area contributed by atoms with Crippen molar-refractivity contribution in [2.75, 3.05) is 6.61 Å². The van der Waals surface area contributed by atoms with Crippen LogP contribution < -0.4 is 0 Å². The zero-order chi connectivity index (χ0) is 17.5. The van der Waals surface area contributed by atoms with Crippen LogP contribution in [0, 0.1) is 12.3 Å². The van der Waals surface area contributed by atoms with Crippen molar-refractivity contribution in [3.63, 3.8) is 0 Å². The van der Waals surface area contributed by atoms with Gasteiger partial charge in [0, 0.05) is 11.0 Å². The maximum absolute atomic E-state index is 11.9. The van der Waals surface area contributed by atoms with Crippen LogP contribution >= 0.6 is 0 Å². The van der Waals surface area contributed by atoms with Crippen LogP contribution in [0.2, 0.25) is 0 Å². The molecule has 0 atom stereocenters. The molecular weight excluding hydrogens is 288 g/mol. The summed E-state index contributed by atoms with van der Waals surface area (Å²) in [5, 5.41) is 0. The molecule has 23 heavy (non-hydrogen) atoms. The van der Waals surface area contributed by atoms with Gasteiger partial charge >= 0.3 is 5.97 Å². The molecule has 1 heterocycles. The van der Waals surface area contributed by atoms with Crippen LogP contribution in [0.4, 0.5) is 0 Å². The first-order chi connectivity index (χ1) is 10.9. The highest BCUT2D eigenvalue weighted by Crippen LogP contribution is 2.26. The lowest BCUT2D eigenvalue weighted by Crippen LogP contribution is -2.11. The van der Waals surface area contributed by atoms with Crippen molar-refractivity contribution in [3.05, 3.63) is 53.7 Å². The Balaban J connectivity index is 0.00000127. The second-order valence-corrected chi connectivity index (χ2v) is 5.55. The number of esters is 1. The molecule has 0 spiro atoms. The SMILES string of the molecule is CC.CCOC(=O)c1nc(C2=CC=CC(C)(C)C=C2)cnc1C. The number of hydrogen-bond donors (Lipinski definition) is 0. The first kappa shape index (κ1) is 18.8. The number of hydrogen-bond acceptors (Lipinski definition) is 4. The van der Waals surface area contributed by atoms with Crippen molar-refractivity contribution in [2.24, 2.45) is 5.41 Å². The third-order valence-electron chi connectivity index (χ3n) is 3.21. The van der Waals surface area contributed by atoms with Crippen LogP contribution in [-0.2, 0) is 4.74 Å². The molecule has 4 nitrogen and oxygen atoms in total. The summed E-state index contributed by atoms with van der Waals surface area (Å²) in [5.41, 5.74) is 2.44. The number of carbonyl (C=O) groups excluding carboxylic acids is 1. The first-order valence-corrected chi connectivity index (χ1v) is 8.03. The minimum Gasteiger partial charge on any atom is -0.461 e. The van der Waals surface area contributed by atoms with E-state index in [1.807, 2.05) is 32.1 Å². The second-order valence-electron chi connectivity index (χ2n) is 5.55. The van der Waals surface area contributed by atoms with Gasteiger partial charge in [0.1, 0.15) is 0 Å². The molecule has 4 heteroatoms. The van der Waals surface area contributed by atoms with Crippen molar-refractivity contribution in [1.29, 1.82) is 0 Å². The number of allylic oxidation sites excluding steroid dienone is 6. The van der Waals surface area contributed by atoms with E-state index in [1.165, 1.54) is 0 Å². The fourth-order valence-electron chi connectivity index (χ4n) is 1.97. The Hall–Kier alpha value is -2.23. The van der Waals surface area contributed by atoms with E-state index in [1.54, 1.807) is 20.0 Å². The molecule has 1 aromatic rings. The lowest BCUT2D eigenvalue weighted by molar-refractivity contribution is 0.0517. The molecule has 0 aromatic carbocycles. The standard InChI is InChI=1S/C17H20N2O2.C2H6/c1-5-21-16(20)15-12(2)18-11-14(19-15)13-7-6-9-17(3,4)10-8-13;1-2/h6-11H,5H2,1-4H3;1-2H3. The minimum absolute atomic E-state index is 0.000344. The highest BCUT2D eigenvalue weighted by molar-refractivity contribution is 5.89. The van der Waals surface area contributed by atoms with Crippen molar-refractivity contribution < 1.29 is 9.53 Å². The quantitative estimate of drug-likeness (QED) is 0.769. The Morgan fingerprint density at radius 2 is 1.96 bits per heavy atom. The Labute approximate surface area is 139 Å². The molecule has 0 saturated heterocycles. The average molecular weight is 314 g/mol. The van der Waals surface area contributed by atoms with Crippen molar-refractivity contribution in [3.8, 4) is 0 Å². The van der Waals surface area contributed by atoms with E-state index in [9.17, 15) is 4.79 Å². The lowest BCUT2D eigenvalue weighted by Gasteiger charge is -2.12. The van der Waals surface area contributed by atoms with E-state index in [0.717, 1.165) is 5.57 Å². The van der Waals surface area contributed by atoms with Gasteiger partial charge in [-0.3, -0.25) is 4.98 Å². The van der Waals surface area contributed by atoms with E-state index >= 15 is 0 Å². The topological polar surface area (TPSA) is 52.1 Å². The summed E-state index contributed by atoms with van der Waals surface area (Å²) in [6, 6.07) is 0. The van der Waals surface area contributed by atoms with Crippen LogP contribution in [0.25, 0.3) is 5.57 Å². The summed E-state index contributed by atoms with van der Waals surface area (Å²) >= 11 is 0. The maximum Gasteiger partial charge on any atom is 0.358 e. The van der Waals surface area contributed by atoms with Gasteiger partial charge in [0.2, 0.25) is 0 Å². The van der Waals surface area contributed by atoms with Gasteiger partial charge in [0.15, 0.2) is 5.69 Å². The van der Waals surface area contributed by atoms with Crippen molar-refractivity contribution in [1.82, 2.24) is 9.97 Å². The van der Waals surface area contributed by atoms with Crippen LogP contribution in [0.3, 0.4) is 0 Å². The molecule has 0 radical (unpaired) electrons. The zero-order valence-corrected chi connectivity index (χ0v) is 14.9. The molecule has 0 fully saturated rings. The summed E-state index contributed by atoms with van der Waals surface area (Å²) in [6.07, 6.45) is 11.9. The van der Waals surface area contributed by atoms with E-state index in [4.69, 9.17) is 4.74 Å². The predicted molar refractivity (Wildman–Crippen MR) is 94.1 cm³/mol. The molecule has 2 rings (SSSR count). The van der Waals surface area contributed by atoms with Crippen molar-refractivity contribution >= 4 is 11.5 Å². The van der Waals surface area contributed by atoms with E-state index < -0.39 is 5.97 Å². The largest absolute Gasteiger partial charge is 0.461 e. The first-order valence-electron chi connectivity index (χ1n) is 8.03. The molecule has 0 unspecified atom stereocenters. The van der Waals surface area contributed by atoms with E-state index in [-0.39, 0.29) is 11.1 Å². The van der Waals surface area contributed by atoms with Gasteiger partial charge in [-0.15, -0.1) is 0 Å². The Morgan fingerprint density at radius 3 is 2.61 bits per heavy atom. The fourth-order valence-corrected chi connectivity index (χ4v) is 1.97. The number of aryl methyl sites for hydroxylation is 1. The molecule has 0 N–H and O–H groups in total. The third kappa shape index (κ3) is 5.16. The molecular formula is C19H26N2O2. The molecule has 124 valence electrons. The fraction of sp³-hybridized carbons (Fsp3) is 0.421. The number of aromatic nitrogens is 2. The Bertz CT molecular complexity index is 641. The third-order valence-corrected chi connectivity index (χ3v) is 3.21. The van der Waals surface area contributed by atoms with E-state index in [0.29, 0.717) is 18.0 Å². The monoisotopic (exact) mass is 314 g/mol. The van der Waals surface area contributed by atoms with Crippen LogP contribution in [0.1, 0.15) is 56.5 Å². The van der Waals surface area contributed by atoms with Gasteiger partial charge in [-0.1, -0.05) is 58.1 Å². The molecule has 0 aliphatic heterocycles. The molecule has 1 aliphatic carbocycles. The maximum atomic E-state index is 11.9. The van der Waals surface area contributed by atoms with Gasteiger partial charge in [-0.05, 0) is 13.8 Å². The smallest absolute Gasteiger partial charge is 0.358 e. The average Bonchev–Trinajstić information content (AvgIpc) is 2.71. The zero-order valence-electron chi connectivity index (χ0n) is 14.9. The Kier molecular flexibility index (Phi) is 6.89. The summed E-state index contributed by atoms with van der Waals surface area (Å²) in [5.74, 6) is -0.432. The number of rotatable bonds is 3. The van der Waals surface area contributed by atoms with Gasteiger partial charge in [-0.2, -0.15) is 0 Å². The van der Waals surface area contributed by atoms with Gasteiger partial charge in [0.05, 0.1) is 24.2 Å². The number of carbonyl (C=O) groups is 1. The van der Waals surface area contributed by atoms with Crippen molar-refractivity contribution in [2.45, 2.75) is 41.5 Å². The van der Waals surface area contributed by atoms with Crippen LogP contribution in [0.15, 0.2) is 36.6 Å². The molecule has 1 aliphatic rings. The van der Waals surface area contributed by atoms with E-state index in [2.05, 4.69) is 36.0 Å². The molecule has 1 aromatic heterocycles. The summed E-state index contributed by atoms with van der Waals surface area (Å²) in [4.78, 5) is 20.6. The predicted octanol–water partition coefficient (Wildman–Crippen LogP) is 4.52. The summed E-state index contributed by atoms with van der Waals surface area (Å²) < 4.78 is 5.02. The second kappa shape index (κ2) is 8.42. The number of nitrogens with zero attached hydrogens (tertiary/aromatic N) is 2. The Morgan fingerprint density at radius 1 is 1.26 bits per heavy atom. The molecule has 0 amide bonds. The van der Waals surface area contributed by atoms with Gasteiger partial charge < -0.3 is 4.74 Å². The van der Waals surface area contributed by atoms with Gasteiger partial charge in [-0.25, -0.2) is 9.78 Å². The normalized spacial score (nSPS) is 15.1. The minimum atomic E-state index is -0.432. The lowest BCUT2D eigenvalue weighted by atomic mass is 9.93. The van der Waals surface area contributed by atoms with Crippen LogP contribution in [0.5, 0.6) is 0 Å².